The van der Waals surface area contributed by atoms with Crippen LogP contribution in [0.4, 0.5) is 0 Å². The predicted molar refractivity (Wildman–Crippen MR) is 123 cm³/mol. The first-order chi connectivity index (χ1) is 15.5. The third kappa shape index (κ3) is 3.80. The summed E-state index contributed by atoms with van der Waals surface area (Å²) in [5, 5.41) is 14.7. The number of piperidine rings is 1. The van der Waals surface area contributed by atoms with E-state index in [0.717, 1.165) is 54.3 Å². The van der Waals surface area contributed by atoms with E-state index in [9.17, 15) is 5.11 Å². The molecule has 3 heterocycles. The monoisotopic (exact) mass is 437 g/mol. The number of methoxy groups -OCH3 is 1. The van der Waals surface area contributed by atoms with Gasteiger partial charge in [-0.1, -0.05) is 12.1 Å². The van der Waals surface area contributed by atoms with Crippen LogP contribution in [0.1, 0.15) is 50.3 Å². The Balaban J connectivity index is 1.52. The normalized spacial score (nSPS) is 22.2. The lowest BCUT2D eigenvalue weighted by Crippen LogP contribution is -2.56. The zero-order valence-electron chi connectivity index (χ0n) is 18.9. The molecule has 7 heteroatoms. The topological polar surface area (TPSA) is 75.5 Å². The summed E-state index contributed by atoms with van der Waals surface area (Å²) in [5.41, 5.74) is 2.53. The minimum absolute atomic E-state index is 0.0753. The lowest BCUT2D eigenvalue weighted by atomic mass is 9.87. The Morgan fingerprint density at radius 2 is 1.94 bits per heavy atom. The number of phenols is 1. The van der Waals surface area contributed by atoms with Crippen molar-refractivity contribution in [3.05, 3.63) is 47.5 Å². The number of nitrogens with one attached hydrogen (secondary N) is 1. The number of hydrogen-bond donors (Lipinski definition) is 2. The molecule has 5 rings (SSSR count). The smallest absolute Gasteiger partial charge is 0.231 e. The summed E-state index contributed by atoms with van der Waals surface area (Å²) in [7, 11) is 1.58. The third-order valence-corrected chi connectivity index (χ3v) is 6.88. The van der Waals surface area contributed by atoms with Crippen LogP contribution >= 0.6 is 0 Å². The highest BCUT2D eigenvalue weighted by molar-refractivity contribution is 6.02. The van der Waals surface area contributed by atoms with Gasteiger partial charge in [-0.25, -0.2) is 0 Å². The number of ether oxygens (including phenoxy) is 3. The van der Waals surface area contributed by atoms with Crippen LogP contribution < -0.4 is 19.5 Å². The molecule has 2 N–H and O–H groups in total. The van der Waals surface area contributed by atoms with Gasteiger partial charge in [-0.05, 0) is 56.5 Å². The fourth-order valence-electron chi connectivity index (χ4n) is 5.00. The van der Waals surface area contributed by atoms with E-state index in [1.807, 2.05) is 24.3 Å². The Morgan fingerprint density at radius 3 is 2.69 bits per heavy atom. The molecule has 1 unspecified atom stereocenters. The van der Waals surface area contributed by atoms with E-state index in [4.69, 9.17) is 19.2 Å². The van der Waals surface area contributed by atoms with Crippen LogP contribution in [0.2, 0.25) is 0 Å². The minimum Gasteiger partial charge on any atom is -0.504 e. The van der Waals surface area contributed by atoms with Crippen molar-refractivity contribution in [3.63, 3.8) is 0 Å². The third-order valence-electron chi connectivity index (χ3n) is 6.88. The summed E-state index contributed by atoms with van der Waals surface area (Å²) >= 11 is 0. The number of fused-ring (bicyclic) bond motifs is 1. The number of para-hydroxylation sites is 1. The van der Waals surface area contributed by atoms with Crippen LogP contribution in [-0.2, 0) is 0 Å². The molecule has 0 aliphatic carbocycles. The second kappa shape index (κ2) is 8.30. The van der Waals surface area contributed by atoms with Gasteiger partial charge in [0.1, 0.15) is 5.66 Å². The molecule has 32 heavy (non-hydrogen) atoms. The second-order valence-electron chi connectivity index (χ2n) is 9.09. The van der Waals surface area contributed by atoms with E-state index in [0.29, 0.717) is 18.2 Å². The minimum atomic E-state index is -0.366. The zero-order chi connectivity index (χ0) is 22.3. The lowest BCUT2D eigenvalue weighted by Gasteiger charge is -2.46. The Bertz CT molecular complexity index is 1030. The van der Waals surface area contributed by atoms with Gasteiger partial charge in [0.25, 0.3) is 0 Å². The Hall–Kier alpha value is -2.77. The van der Waals surface area contributed by atoms with Gasteiger partial charge in [-0.3, -0.25) is 10.3 Å². The molecule has 2 aromatic carbocycles. The predicted octanol–water partition coefficient (Wildman–Crippen LogP) is 3.85. The molecule has 0 saturated carbocycles. The first-order valence-electron chi connectivity index (χ1n) is 11.3. The number of phenolic OH excluding ortho intramolecular Hbond substituents is 1. The first kappa shape index (κ1) is 21.1. The summed E-state index contributed by atoms with van der Waals surface area (Å²) in [6.45, 7) is 6.70. The Morgan fingerprint density at radius 1 is 1.16 bits per heavy atom. The highest BCUT2D eigenvalue weighted by Crippen LogP contribution is 2.41. The number of nitrogens with zero attached hydrogens (tertiary/aromatic N) is 2. The van der Waals surface area contributed by atoms with E-state index in [1.165, 1.54) is 0 Å². The van der Waals surface area contributed by atoms with E-state index in [2.05, 4.69) is 30.1 Å². The summed E-state index contributed by atoms with van der Waals surface area (Å²) in [6.07, 6.45) is 2.50. The first-order valence-corrected chi connectivity index (χ1v) is 11.3. The summed E-state index contributed by atoms with van der Waals surface area (Å²) in [4.78, 5) is 7.78. The van der Waals surface area contributed by atoms with Gasteiger partial charge in [0.15, 0.2) is 23.0 Å². The largest absolute Gasteiger partial charge is 0.504 e. The average Bonchev–Trinajstić information content (AvgIpc) is 3.27. The summed E-state index contributed by atoms with van der Waals surface area (Å²) < 4.78 is 16.5. The molecule has 1 fully saturated rings. The van der Waals surface area contributed by atoms with E-state index < -0.39 is 0 Å². The van der Waals surface area contributed by atoms with Crippen LogP contribution in [0, 0.1) is 0 Å². The summed E-state index contributed by atoms with van der Waals surface area (Å²) in [6, 6.07) is 12.1. The number of aromatic hydroxyl groups is 1. The maximum atomic E-state index is 10.9. The van der Waals surface area contributed by atoms with Crippen molar-refractivity contribution in [2.24, 2.45) is 4.99 Å². The van der Waals surface area contributed by atoms with Crippen LogP contribution in [0.15, 0.2) is 41.4 Å². The lowest BCUT2D eigenvalue weighted by molar-refractivity contribution is 0.103. The molecule has 0 aromatic heterocycles. The quantitative estimate of drug-likeness (QED) is 0.757. The fraction of sp³-hybridized carbons (Fsp3) is 0.480. The van der Waals surface area contributed by atoms with Crippen molar-refractivity contribution in [2.75, 3.05) is 27.0 Å². The SMILES string of the molecule is COc1cccc(C2CC(c3ccc4c(c3)OCO4)=NC3(CCN(C(C)C)CC3)N2)c1O. The van der Waals surface area contributed by atoms with Crippen molar-refractivity contribution >= 4 is 5.71 Å². The number of rotatable bonds is 4. The van der Waals surface area contributed by atoms with Crippen LogP contribution in [-0.4, -0.2) is 54.4 Å². The molecule has 1 atom stereocenters. The Labute approximate surface area is 189 Å². The maximum Gasteiger partial charge on any atom is 0.231 e. The molecule has 0 amide bonds. The van der Waals surface area contributed by atoms with Crippen LogP contribution in [0.3, 0.4) is 0 Å². The van der Waals surface area contributed by atoms with Gasteiger partial charge >= 0.3 is 0 Å². The van der Waals surface area contributed by atoms with Gasteiger partial charge < -0.3 is 24.2 Å². The van der Waals surface area contributed by atoms with Gasteiger partial charge in [-0.2, -0.15) is 0 Å². The van der Waals surface area contributed by atoms with Gasteiger partial charge in [0.05, 0.1) is 7.11 Å². The van der Waals surface area contributed by atoms with Gasteiger partial charge in [-0.15, -0.1) is 0 Å². The van der Waals surface area contributed by atoms with E-state index in [-0.39, 0.29) is 24.2 Å². The molecule has 1 spiro atoms. The van der Waals surface area contributed by atoms with Crippen molar-refractivity contribution < 1.29 is 19.3 Å². The fourth-order valence-corrected chi connectivity index (χ4v) is 5.00. The molecule has 3 aliphatic rings. The maximum absolute atomic E-state index is 10.9. The number of benzene rings is 2. The molecule has 7 nitrogen and oxygen atoms in total. The molecule has 3 aliphatic heterocycles. The van der Waals surface area contributed by atoms with E-state index in [1.54, 1.807) is 13.2 Å². The number of likely N-dealkylation sites (tertiary alicyclic amines) is 1. The highest BCUT2D eigenvalue weighted by Gasteiger charge is 2.41. The van der Waals surface area contributed by atoms with Gasteiger partial charge in [0.2, 0.25) is 6.79 Å². The van der Waals surface area contributed by atoms with Crippen LogP contribution in [0.5, 0.6) is 23.0 Å². The van der Waals surface area contributed by atoms with Crippen molar-refractivity contribution in [1.29, 1.82) is 0 Å². The average molecular weight is 438 g/mol. The number of hydrogen-bond acceptors (Lipinski definition) is 7. The molecule has 0 bridgehead atoms. The molecule has 2 aromatic rings. The molecule has 1 saturated heterocycles. The Kier molecular flexibility index (Phi) is 5.47. The molecular weight excluding hydrogens is 406 g/mol. The zero-order valence-corrected chi connectivity index (χ0v) is 18.9. The number of aliphatic imine (C=N–C) groups is 1. The molecule has 0 radical (unpaired) electrons. The van der Waals surface area contributed by atoms with Crippen molar-refractivity contribution in [2.45, 2.75) is 50.9 Å². The van der Waals surface area contributed by atoms with Crippen molar-refractivity contribution in [3.8, 4) is 23.0 Å². The second-order valence-corrected chi connectivity index (χ2v) is 9.09. The van der Waals surface area contributed by atoms with E-state index >= 15 is 0 Å². The van der Waals surface area contributed by atoms with Crippen LogP contribution in [0.25, 0.3) is 0 Å². The summed E-state index contributed by atoms with van der Waals surface area (Å²) in [5.74, 6) is 2.20. The molecule has 170 valence electrons. The van der Waals surface area contributed by atoms with Crippen molar-refractivity contribution in [1.82, 2.24) is 10.2 Å². The standard InChI is InChI=1S/C25H31N3O4/c1-16(2)28-11-9-25(10-12-28)26-19(17-7-8-21-23(13-17)32-15-31-21)14-20(27-25)18-5-4-6-22(30-3)24(18)29/h4-8,13,16,20,27,29H,9-12,14-15H2,1-3H3. The highest BCUT2D eigenvalue weighted by atomic mass is 16.7. The molecular formula is C25H31N3O4. The van der Waals surface area contributed by atoms with Gasteiger partial charge in [0, 0.05) is 42.9 Å².